The number of benzene rings is 2. The van der Waals surface area contributed by atoms with Gasteiger partial charge in [-0.3, -0.25) is 5.41 Å². The summed E-state index contributed by atoms with van der Waals surface area (Å²) < 4.78 is 11.6. The molecule has 1 aliphatic carbocycles. The number of hydrogen-bond donors (Lipinski definition) is 1. The minimum Gasteiger partial charge on any atom is -0.497 e. The molecule has 4 rings (SSSR count). The molecule has 2 aliphatic rings. The fourth-order valence-electron chi connectivity index (χ4n) is 3.81. The third-order valence-electron chi connectivity index (χ3n) is 4.86. The molecule has 22 heavy (non-hydrogen) atoms. The predicted octanol–water partition coefficient (Wildman–Crippen LogP) is 4.02. The first kappa shape index (κ1) is 13.4. The highest BCUT2D eigenvalue weighted by Crippen LogP contribution is 2.49. The van der Waals surface area contributed by atoms with E-state index in [2.05, 4.69) is 24.3 Å². The van der Waals surface area contributed by atoms with Gasteiger partial charge in [0.05, 0.1) is 7.11 Å². The van der Waals surface area contributed by atoms with E-state index in [0.717, 1.165) is 42.6 Å². The van der Waals surface area contributed by atoms with Gasteiger partial charge >= 0.3 is 0 Å². The molecule has 0 aromatic heterocycles. The Hall–Kier alpha value is -2.29. The van der Waals surface area contributed by atoms with Crippen LogP contribution in [0.15, 0.2) is 42.5 Å². The normalized spacial score (nSPS) is 22.7. The van der Waals surface area contributed by atoms with Crippen LogP contribution < -0.4 is 4.74 Å². The van der Waals surface area contributed by atoms with E-state index < -0.39 is 5.60 Å². The molecule has 1 atom stereocenters. The summed E-state index contributed by atoms with van der Waals surface area (Å²) in [6, 6.07) is 14.4. The van der Waals surface area contributed by atoms with E-state index >= 15 is 0 Å². The largest absolute Gasteiger partial charge is 0.497 e. The van der Waals surface area contributed by atoms with Gasteiger partial charge in [-0.05, 0) is 49.4 Å². The van der Waals surface area contributed by atoms with Crippen molar-refractivity contribution >= 4 is 5.90 Å². The van der Waals surface area contributed by atoms with Crippen LogP contribution in [-0.4, -0.2) is 13.0 Å². The van der Waals surface area contributed by atoms with Gasteiger partial charge in [0.15, 0.2) is 5.60 Å². The maximum absolute atomic E-state index is 8.27. The Morgan fingerprint density at radius 1 is 1.09 bits per heavy atom. The van der Waals surface area contributed by atoms with Crippen LogP contribution in [0, 0.1) is 5.41 Å². The van der Waals surface area contributed by atoms with E-state index in [0.29, 0.717) is 0 Å². The van der Waals surface area contributed by atoms with Gasteiger partial charge in [0.2, 0.25) is 5.90 Å². The van der Waals surface area contributed by atoms with Crippen LogP contribution in [0.5, 0.6) is 5.75 Å². The van der Waals surface area contributed by atoms with E-state index in [1.165, 1.54) is 11.1 Å². The lowest BCUT2D eigenvalue weighted by atomic mass is 9.81. The smallest absolute Gasteiger partial charge is 0.214 e. The summed E-state index contributed by atoms with van der Waals surface area (Å²) in [6.07, 6.45) is 4.24. The van der Waals surface area contributed by atoms with Gasteiger partial charge in [-0.2, -0.15) is 0 Å². The lowest BCUT2D eigenvalue weighted by molar-refractivity contribution is 0.100. The molecule has 1 N–H and O–H groups in total. The number of aryl methyl sites for hydroxylation is 1. The van der Waals surface area contributed by atoms with Crippen molar-refractivity contribution in [3.8, 4) is 5.75 Å². The molecule has 0 radical (unpaired) electrons. The SMILES string of the molecule is COc1ccc2c(c1)C1(CCCCc3ccccc31)OC2=N. The van der Waals surface area contributed by atoms with E-state index in [1.54, 1.807) is 7.11 Å². The monoisotopic (exact) mass is 293 g/mol. The Kier molecular flexibility index (Phi) is 2.96. The molecule has 1 spiro atoms. The first-order valence-corrected chi connectivity index (χ1v) is 7.79. The van der Waals surface area contributed by atoms with Crippen LogP contribution in [0.1, 0.15) is 41.5 Å². The van der Waals surface area contributed by atoms with Crippen molar-refractivity contribution in [1.82, 2.24) is 0 Å². The van der Waals surface area contributed by atoms with Crippen molar-refractivity contribution in [1.29, 1.82) is 5.41 Å². The van der Waals surface area contributed by atoms with E-state index in [1.807, 2.05) is 18.2 Å². The fraction of sp³-hybridized carbons (Fsp3) is 0.316. The Labute approximate surface area is 130 Å². The summed E-state index contributed by atoms with van der Waals surface area (Å²) in [5.74, 6) is 1.09. The van der Waals surface area contributed by atoms with Crippen LogP contribution in [-0.2, 0) is 16.8 Å². The summed E-state index contributed by atoms with van der Waals surface area (Å²) in [5, 5.41) is 8.27. The van der Waals surface area contributed by atoms with Gasteiger partial charge in [-0.25, -0.2) is 0 Å². The predicted molar refractivity (Wildman–Crippen MR) is 85.7 cm³/mol. The molecule has 3 nitrogen and oxygen atoms in total. The van der Waals surface area contributed by atoms with Crippen molar-refractivity contribution in [3.05, 3.63) is 64.7 Å². The third kappa shape index (κ3) is 1.78. The van der Waals surface area contributed by atoms with E-state index in [-0.39, 0.29) is 5.90 Å². The number of rotatable bonds is 1. The standard InChI is InChI=1S/C19H19NO2/c1-21-14-9-10-15-17(12-14)19(22-18(15)20)11-5-4-7-13-6-2-3-8-16(13)19/h2-3,6,8-10,12,20H,4-5,7,11H2,1H3. The van der Waals surface area contributed by atoms with Crippen LogP contribution in [0.2, 0.25) is 0 Å². The fourth-order valence-corrected chi connectivity index (χ4v) is 3.81. The maximum Gasteiger partial charge on any atom is 0.214 e. The number of nitrogens with one attached hydrogen (secondary N) is 1. The van der Waals surface area contributed by atoms with Crippen molar-refractivity contribution in [2.75, 3.05) is 7.11 Å². The van der Waals surface area contributed by atoms with Crippen LogP contribution in [0.3, 0.4) is 0 Å². The lowest BCUT2D eigenvalue weighted by Gasteiger charge is -2.30. The second-order valence-electron chi connectivity index (χ2n) is 6.03. The van der Waals surface area contributed by atoms with Crippen LogP contribution >= 0.6 is 0 Å². The third-order valence-corrected chi connectivity index (χ3v) is 4.86. The quantitative estimate of drug-likeness (QED) is 0.863. The van der Waals surface area contributed by atoms with Crippen molar-refractivity contribution in [2.24, 2.45) is 0 Å². The highest BCUT2D eigenvalue weighted by molar-refractivity contribution is 5.97. The van der Waals surface area contributed by atoms with Crippen LogP contribution in [0.25, 0.3) is 0 Å². The zero-order valence-corrected chi connectivity index (χ0v) is 12.7. The first-order chi connectivity index (χ1) is 10.7. The lowest BCUT2D eigenvalue weighted by Crippen LogP contribution is -2.28. The zero-order valence-electron chi connectivity index (χ0n) is 12.7. The minimum absolute atomic E-state index is 0.273. The number of fused-ring (bicyclic) bond motifs is 4. The number of methoxy groups -OCH3 is 1. The molecule has 0 saturated carbocycles. The van der Waals surface area contributed by atoms with Crippen molar-refractivity contribution in [2.45, 2.75) is 31.3 Å². The summed E-state index contributed by atoms with van der Waals surface area (Å²) in [6.45, 7) is 0. The number of hydrogen-bond acceptors (Lipinski definition) is 3. The molecule has 0 fully saturated rings. The average Bonchev–Trinajstić information content (AvgIpc) is 2.72. The van der Waals surface area contributed by atoms with E-state index in [4.69, 9.17) is 14.9 Å². The molecule has 2 aromatic carbocycles. The zero-order chi connectivity index (χ0) is 15.2. The molecule has 0 bridgehead atoms. The summed E-state index contributed by atoms with van der Waals surface area (Å²) in [7, 11) is 1.68. The molecule has 2 aromatic rings. The van der Waals surface area contributed by atoms with Gasteiger partial charge in [0, 0.05) is 16.7 Å². The molecule has 3 heteroatoms. The highest BCUT2D eigenvalue weighted by atomic mass is 16.5. The molecule has 0 amide bonds. The van der Waals surface area contributed by atoms with Gasteiger partial charge in [-0.15, -0.1) is 0 Å². The summed E-state index contributed by atoms with van der Waals surface area (Å²) >= 11 is 0. The maximum atomic E-state index is 8.27. The Morgan fingerprint density at radius 2 is 1.95 bits per heavy atom. The summed E-state index contributed by atoms with van der Waals surface area (Å²) in [4.78, 5) is 0. The second-order valence-corrected chi connectivity index (χ2v) is 6.03. The summed E-state index contributed by atoms with van der Waals surface area (Å²) in [5.41, 5.74) is 3.99. The Bertz CT molecular complexity index is 753. The van der Waals surface area contributed by atoms with Crippen LogP contribution in [0.4, 0.5) is 0 Å². The molecule has 1 aliphatic heterocycles. The molecule has 0 saturated heterocycles. The molecule has 1 unspecified atom stereocenters. The van der Waals surface area contributed by atoms with Gasteiger partial charge in [0.25, 0.3) is 0 Å². The van der Waals surface area contributed by atoms with Gasteiger partial charge in [0.1, 0.15) is 5.75 Å². The van der Waals surface area contributed by atoms with Gasteiger partial charge in [-0.1, -0.05) is 24.3 Å². The second kappa shape index (κ2) is 4.87. The molecular weight excluding hydrogens is 274 g/mol. The Balaban J connectivity index is 1.98. The number of ether oxygens (including phenoxy) is 2. The highest BCUT2D eigenvalue weighted by Gasteiger charge is 2.47. The van der Waals surface area contributed by atoms with Crippen molar-refractivity contribution < 1.29 is 9.47 Å². The molecule has 1 heterocycles. The average molecular weight is 293 g/mol. The Morgan fingerprint density at radius 3 is 2.82 bits per heavy atom. The minimum atomic E-state index is -0.520. The molecular formula is C19H19NO2. The van der Waals surface area contributed by atoms with Crippen molar-refractivity contribution in [3.63, 3.8) is 0 Å². The van der Waals surface area contributed by atoms with Gasteiger partial charge < -0.3 is 9.47 Å². The van der Waals surface area contributed by atoms with E-state index in [9.17, 15) is 0 Å². The first-order valence-electron chi connectivity index (χ1n) is 7.79. The molecule has 112 valence electrons. The topological polar surface area (TPSA) is 42.3 Å².